The molecule has 3 heterocycles. The molecule has 0 aliphatic carbocycles. The molecule has 2 aromatic rings. The summed E-state index contributed by atoms with van der Waals surface area (Å²) in [4.78, 5) is 46.3. The molecule has 1 amide bonds. The van der Waals surface area contributed by atoms with Gasteiger partial charge in [0.15, 0.2) is 5.75 Å². The van der Waals surface area contributed by atoms with Gasteiger partial charge in [0, 0.05) is 61.2 Å². The summed E-state index contributed by atoms with van der Waals surface area (Å²) in [6.07, 6.45) is 8.67. The third kappa shape index (κ3) is 10.3. The van der Waals surface area contributed by atoms with Crippen molar-refractivity contribution in [3.63, 3.8) is 0 Å². The van der Waals surface area contributed by atoms with E-state index < -0.39 is 88.8 Å². The van der Waals surface area contributed by atoms with Crippen LogP contribution in [0.2, 0.25) is 0 Å². The largest absolute Gasteiger partial charge is 0.507 e. The van der Waals surface area contributed by atoms with Crippen LogP contribution in [0, 0.1) is 30.6 Å². The molecule has 0 saturated heterocycles. The highest BCUT2D eigenvalue weighted by Crippen LogP contribution is 2.55. The first-order chi connectivity index (χ1) is 28.8. The minimum Gasteiger partial charge on any atom is -0.507 e. The standard InChI is InChI=1S/C46H64N2O13/c1-12-14-15-19-30(13-2)61-47-22-31-36-41(54)34-33(40(31)53)35-43(28(8)39(34)52)60-46(10,44(35)55)58-21-20-32(57-11)25(5)42(59-29(9)49)27(7)38(51)26(6)37(50)23(3)17-16-18-24(4)45(56)48-36/h16-18,20-23,25-27,30,32,37-38,42,50-54H,12-15,19H2,1-11H3,(H,48,56)/b17-16+,21-20+,24-18+,47-22+/t23-,25+,26+,27+,30?,32-,37-,38+,42+,46-/m0/s1. The van der Waals surface area contributed by atoms with Crippen molar-refractivity contribution in [3.05, 3.63) is 52.8 Å². The lowest BCUT2D eigenvalue weighted by Crippen LogP contribution is -2.46. The lowest BCUT2D eigenvalue weighted by molar-refractivity contribution is -0.160. The maximum Gasteiger partial charge on any atom is 0.312 e. The normalized spacial score (nSPS) is 30.0. The second-order valence-electron chi connectivity index (χ2n) is 16.5. The summed E-state index contributed by atoms with van der Waals surface area (Å²) in [5, 5.41) is 64.6. The highest BCUT2D eigenvalue weighted by Gasteiger charge is 2.50. The van der Waals surface area contributed by atoms with Crippen molar-refractivity contribution in [1.82, 2.24) is 0 Å². The highest BCUT2D eigenvalue weighted by molar-refractivity contribution is 6.23. The number of nitrogens with one attached hydrogen (secondary N) is 1. The van der Waals surface area contributed by atoms with Gasteiger partial charge < -0.3 is 54.6 Å². The number of aromatic hydroxyl groups is 3. The summed E-state index contributed by atoms with van der Waals surface area (Å²) in [5.74, 6) is -8.57. The fourth-order valence-corrected chi connectivity index (χ4v) is 8.00. The Kier molecular flexibility index (Phi) is 16.4. The molecule has 3 aliphatic heterocycles. The number of nitrogens with zero attached hydrogens (tertiary/aromatic N) is 1. The lowest BCUT2D eigenvalue weighted by atomic mass is 9.78. The first-order valence-corrected chi connectivity index (χ1v) is 21.0. The Hall–Kier alpha value is -5.12. The van der Waals surface area contributed by atoms with E-state index >= 15 is 0 Å². The van der Waals surface area contributed by atoms with Crippen LogP contribution in [0.4, 0.5) is 5.69 Å². The van der Waals surface area contributed by atoms with E-state index in [0.29, 0.717) is 6.42 Å². The lowest BCUT2D eigenvalue weighted by Gasteiger charge is -2.38. The summed E-state index contributed by atoms with van der Waals surface area (Å²) in [6, 6.07) is 0. The number of aliphatic hydroxyl groups is 2. The number of phenols is 3. The smallest absolute Gasteiger partial charge is 0.312 e. The van der Waals surface area contributed by atoms with Crippen LogP contribution in [0.1, 0.15) is 116 Å². The van der Waals surface area contributed by atoms with Gasteiger partial charge in [0.25, 0.3) is 11.7 Å². The first kappa shape index (κ1) is 48.5. The Morgan fingerprint density at radius 2 is 1.66 bits per heavy atom. The number of allylic oxidation sites excluding steroid dienone is 2. The van der Waals surface area contributed by atoms with Crippen LogP contribution < -0.4 is 10.1 Å². The Bertz CT molecular complexity index is 2060. The number of fused-ring (bicyclic) bond motifs is 14. The van der Waals surface area contributed by atoms with E-state index in [1.165, 1.54) is 53.2 Å². The second kappa shape index (κ2) is 20.6. The van der Waals surface area contributed by atoms with E-state index in [1.54, 1.807) is 39.8 Å². The number of methoxy groups -OCH3 is 1. The fraction of sp³-hybridized carbons (Fsp3) is 0.565. The van der Waals surface area contributed by atoms with Gasteiger partial charge in [-0.3, -0.25) is 14.4 Å². The molecule has 61 heavy (non-hydrogen) atoms. The summed E-state index contributed by atoms with van der Waals surface area (Å²) < 4.78 is 23.6. The number of oxime groups is 1. The molecular weight excluding hydrogens is 789 g/mol. The summed E-state index contributed by atoms with van der Waals surface area (Å²) in [7, 11) is 1.43. The molecule has 0 fully saturated rings. The van der Waals surface area contributed by atoms with E-state index in [4.69, 9.17) is 23.8 Å². The number of carbonyl (C=O) groups is 3. The number of Topliss-reactive ketones (excluding diaryl/α,β-unsaturated/α-hetero) is 1. The molecule has 6 N–H and O–H groups in total. The maximum absolute atomic E-state index is 14.4. The summed E-state index contributed by atoms with van der Waals surface area (Å²) in [6.45, 7) is 16.5. The molecule has 1 unspecified atom stereocenters. The first-order valence-electron chi connectivity index (χ1n) is 21.0. The van der Waals surface area contributed by atoms with Crippen LogP contribution >= 0.6 is 0 Å². The quantitative estimate of drug-likeness (QED) is 0.0342. The predicted molar refractivity (Wildman–Crippen MR) is 231 cm³/mol. The summed E-state index contributed by atoms with van der Waals surface area (Å²) in [5.41, 5.74) is -0.546. The number of anilines is 1. The van der Waals surface area contributed by atoms with Gasteiger partial charge in [0.1, 0.15) is 29.5 Å². The molecule has 10 atom stereocenters. The van der Waals surface area contributed by atoms with Crippen LogP contribution in [0.5, 0.6) is 23.0 Å². The zero-order chi connectivity index (χ0) is 45.5. The van der Waals surface area contributed by atoms with Gasteiger partial charge in [0.05, 0.1) is 53.0 Å². The molecule has 0 spiro atoms. The van der Waals surface area contributed by atoms with Crippen LogP contribution in [0.15, 0.2) is 41.3 Å². The number of ketones is 1. The number of rotatable bonds is 10. The zero-order valence-corrected chi connectivity index (χ0v) is 37.1. The number of hydrogen-bond donors (Lipinski definition) is 6. The number of esters is 1. The third-order valence-corrected chi connectivity index (χ3v) is 12.0. The van der Waals surface area contributed by atoms with E-state index in [9.17, 15) is 39.9 Å². The molecule has 0 radical (unpaired) electrons. The van der Waals surface area contributed by atoms with Gasteiger partial charge in [0.2, 0.25) is 0 Å². The number of benzene rings is 2. The average Bonchev–Trinajstić information content (AvgIpc) is 3.49. The van der Waals surface area contributed by atoms with Crippen molar-refractivity contribution in [2.75, 3.05) is 12.4 Å². The molecule has 3 aliphatic rings. The van der Waals surface area contributed by atoms with Crippen LogP contribution in [0.25, 0.3) is 10.8 Å². The Morgan fingerprint density at radius 3 is 2.28 bits per heavy atom. The van der Waals surface area contributed by atoms with Gasteiger partial charge >= 0.3 is 11.8 Å². The molecule has 0 aromatic heterocycles. The highest BCUT2D eigenvalue weighted by atomic mass is 16.7. The number of carbonyl (C=O) groups excluding carboxylic acids is 3. The predicted octanol–water partition coefficient (Wildman–Crippen LogP) is 7.46. The summed E-state index contributed by atoms with van der Waals surface area (Å²) >= 11 is 0. The topological polar surface area (TPSA) is 223 Å². The monoisotopic (exact) mass is 852 g/mol. The Balaban J connectivity index is 1.96. The SMILES string of the molecule is CCCCCC(CC)O/N=C/c1c2c(O)c3c(O)c(C)c4c(c3c1O)C(=O)[C@@](C)(O/C=C/[C@H](OC)[C@@H](C)[C@@H](OC(C)=O)[C@H](C)[C@H](O)[C@H](C)[C@@H](O)[C@@H](C)/C=C/C=C(\C)C(=O)N2)O4. The Labute approximate surface area is 358 Å². The van der Waals surface area contributed by atoms with E-state index in [1.807, 2.05) is 6.92 Å². The minimum absolute atomic E-state index is 0.0409. The van der Waals surface area contributed by atoms with Gasteiger partial charge in [-0.2, -0.15) is 0 Å². The maximum atomic E-state index is 14.4. The number of amides is 1. The number of ether oxygens (including phenoxy) is 4. The van der Waals surface area contributed by atoms with Gasteiger partial charge in [-0.15, -0.1) is 0 Å². The zero-order valence-electron chi connectivity index (χ0n) is 37.1. The number of unbranched alkanes of at least 4 members (excludes halogenated alkanes) is 2. The molecular formula is C46H64N2O13. The van der Waals surface area contributed by atoms with E-state index in [0.717, 1.165) is 31.9 Å². The van der Waals surface area contributed by atoms with Crippen LogP contribution in [-0.4, -0.2) is 92.8 Å². The molecule has 2 aromatic carbocycles. The molecule has 15 heteroatoms. The van der Waals surface area contributed by atoms with Crippen LogP contribution in [0.3, 0.4) is 0 Å². The average molecular weight is 853 g/mol. The fourth-order valence-electron chi connectivity index (χ4n) is 8.00. The second-order valence-corrected chi connectivity index (χ2v) is 16.5. The number of hydrogen-bond acceptors (Lipinski definition) is 14. The van der Waals surface area contributed by atoms with E-state index in [-0.39, 0.29) is 50.6 Å². The van der Waals surface area contributed by atoms with Crippen molar-refractivity contribution < 1.29 is 63.7 Å². The van der Waals surface area contributed by atoms with E-state index in [2.05, 4.69) is 17.4 Å². The third-order valence-electron chi connectivity index (χ3n) is 12.0. The van der Waals surface area contributed by atoms with Crippen molar-refractivity contribution in [2.24, 2.45) is 28.8 Å². The molecule has 5 bridgehead atoms. The minimum atomic E-state index is -2.06. The number of aliphatic hydroxyl groups excluding tert-OH is 2. The van der Waals surface area contributed by atoms with Crippen molar-refractivity contribution >= 4 is 40.3 Å². The molecule has 0 saturated carbocycles. The van der Waals surface area contributed by atoms with Crippen molar-refractivity contribution in [1.29, 1.82) is 0 Å². The number of phenolic OH excluding ortho intramolecular Hbond substituents is 3. The van der Waals surface area contributed by atoms with Gasteiger partial charge in [-0.25, -0.2) is 0 Å². The van der Waals surface area contributed by atoms with Gasteiger partial charge in [-0.1, -0.05) is 77.8 Å². The molecule has 5 rings (SSSR count). The van der Waals surface area contributed by atoms with Crippen molar-refractivity contribution in [2.45, 2.75) is 138 Å². The van der Waals surface area contributed by atoms with Crippen LogP contribution in [-0.2, 0) is 28.6 Å². The van der Waals surface area contributed by atoms with Gasteiger partial charge in [-0.05, 0) is 39.2 Å². The Morgan fingerprint density at radius 1 is 0.967 bits per heavy atom. The molecule has 15 nitrogen and oxygen atoms in total. The molecule has 336 valence electrons. The van der Waals surface area contributed by atoms with Crippen molar-refractivity contribution in [3.8, 4) is 23.0 Å².